The molecule has 38 heavy (non-hydrogen) atoms. The molecule has 0 radical (unpaired) electrons. The smallest absolute Gasteiger partial charge is 0.271 e. The molecule has 3 atom stereocenters. The number of nitrogens with zero attached hydrogens (tertiary/aromatic N) is 7. The Labute approximate surface area is 224 Å². The molecule has 0 bridgehead atoms. The van der Waals surface area contributed by atoms with Crippen molar-refractivity contribution in [3.05, 3.63) is 65.5 Å². The second-order valence-electron chi connectivity index (χ2n) is 9.65. The van der Waals surface area contributed by atoms with Crippen molar-refractivity contribution < 1.29 is 9.53 Å². The number of rotatable bonds is 6. The summed E-state index contributed by atoms with van der Waals surface area (Å²) in [5.41, 5.74) is 2.80. The van der Waals surface area contributed by atoms with Crippen LogP contribution in [0.4, 0.5) is 5.82 Å². The van der Waals surface area contributed by atoms with Crippen molar-refractivity contribution in [2.24, 2.45) is 11.8 Å². The van der Waals surface area contributed by atoms with Crippen LogP contribution in [-0.2, 0) is 0 Å². The first-order valence-corrected chi connectivity index (χ1v) is 12.9. The summed E-state index contributed by atoms with van der Waals surface area (Å²) >= 11 is 6.13. The highest BCUT2D eigenvalue weighted by Gasteiger charge is 2.42. The van der Waals surface area contributed by atoms with E-state index in [0.29, 0.717) is 46.0 Å². The van der Waals surface area contributed by atoms with Crippen LogP contribution in [0.3, 0.4) is 0 Å². The van der Waals surface area contributed by atoms with E-state index in [9.17, 15) is 10.1 Å². The van der Waals surface area contributed by atoms with Crippen LogP contribution in [0.15, 0.2) is 49.2 Å². The van der Waals surface area contributed by atoms with E-state index in [1.807, 2.05) is 13.0 Å². The van der Waals surface area contributed by atoms with Gasteiger partial charge in [-0.25, -0.2) is 14.5 Å². The number of pyridine rings is 2. The Bertz CT molecular complexity index is 1530. The zero-order chi connectivity index (χ0) is 26.2. The Morgan fingerprint density at radius 2 is 2.03 bits per heavy atom. The molecule has 4 aromatic rings. The fraction of sp³-hybridized carbons (Fsp3) is 0.333. The molecule has 11 heteroatoms. The largest absolute Gasteiger partial charge is 0.492 e. The summed E-state index contributed by atoms with van der Waals surface area (Å²) in [6, 6.07) is 7.57. The molecule has 1 saturated heterocycles. The number of hydrogen-bond donors (Lipinski definition) is 1. The number of carbonyl (C=O) groups is 1. The van der Waals surface area contributed by atoms with Crippen LogP contribution in [0.2, 0.25) is 5.02 Å². The number of amides is 1. The van der Waals surface area contributed by atoms with Crippen LogP contribution in [0.5, 0.6) is 5.75 Å². The summed E-state index contributed by atoms with van der Waals surface area (Å²) in [7, 11) is 0. The van der Waals surface area contributed by atoms with Crippen molar-refractivity contribution in [2.75, 3.05) is 24.6 Å². The van der Waals surface area contributed by atoms with E-state index in [0.717, 1.165) is 37.3 Å². The fourth-order valence-electron chi connectivity index (χ4n) is 5.65. The molecule has 1 aliphatic carbocycles. The normalized spacial score (nSPS) is 20.3. The Hall–Kier alpha value is -4.23. The van der Waals surface area contributed by atoms with Gasteiger partial charge in [0, 0.05) is 30.9 Å². The van der Waals surface area contributed by atoms with E-state index in [1.54, 1.807) is 47.6 Å². The molecule has 10 nitrogen and oxygen atoms in total. The monoisotopic (exact) mass is 528 g/mol. The third-order valence-corrected chi connectivity index (χ3v) is 7.62. The van der Waals surface area contributed by atoms with Gasteiger partial charge >= 0.3 is 0 Å². The van der Waals surface area contributed by atoms with E-state index in [1.165, 1.54) is 0 Å². The van der Waals surface area contributed by atoms with Gasteiger partial charge < -0.3 is 15.0 Å². The molecule has 1 unspecified atom stereocenters. The maximum absolute atomic E-state index is 12.6. The third-order valence-electron chi connectivity index (χ3n) is 7.32. The lowest BCUT2D eigenvalue weighted by molar-refractivity contribution is 0.0931. The van der Waals surface area contributed by atoms with E-state index in [4.69, 9.17) is 26.3 Å². The molecule has 192 valence electrons. The second-order valence-corrected chi connectivity index (χ2v) is 10.1. The Kier molecular flexibility index (Phi) is 6.29. The van der Waals surface area contributed by atoms with Crippen LogP contribution in [-0.4, -0.2) is 56.2 Å². The molecule has 5 heterocycles. The van der Waals surface area contributed by atoms with E-state index < -0.39 is 0 Å². The minimum atomic E-state index is -0.223. The summed E-state index contributed by atoms with van der Waals surface area (Å²) in [6.45, 7) is 4.15. The first-order chi connectivity index (χ1) is 18.5. The summed E-state index contributed by atoms with van der Waals surface area (Å²) in [4.78, 5) is 28.4. The molecule has 2 aliphatic rings. The maximum atomic E-state index is 12.6. The van der Waals surface area contributed by atoms with Gasteiger partial charge in [0.25, 0.3) is 5.91 Å². The Morgan fingerprint density at radius 3 is 2.71 bits per heavy atom. The number of ether oxygens (including phenoxy) is 1. The lowest BCUT2D eigenvalue weighted by atomic mass is 10.0. The van der Waals surface area contributed by atoms with E-state index in [-0.39, 0.29) is 17.6 Å². The molecule has 2 fully saturated rings. The highest BCUT2D eigenvalue weighted by Crippen LogP contribution is 2.40. The molecular weight excluding hydrogens is 504 g/mol. The van der Waals surface area contributed by atoms with Crippen LogP contribution < -0.4 is 15.0 Å². The molecule has 1 saturated carbocycles. The molecule has 1 N–H and O–H groups in total. The average Bonchev–Trinajstić information content (AvgIpc) is 3.62. The van der Waals surface area contributed by atoms with Gasteiger partial charge in [-0.05, 0) is 49.8 Å². The highest BCUT2D eigenvalue weighted by atomic mass is 35.5. The highest BCUT2D eigenvalue weighted by molar-refractivity contribution is 6.33. The number of fused-ring (bicyclic) bond motifs is 2. The van der Waals surface area contributed by atoms with E-state index in [2.05, 4.69) is 26.4 Å². The lowest BCUT2D eigenvalue weighted by Crippen LogP contribution is -2.35. The standard InChI is InChI=1S/C27H25ClN8O2/c1-2-38-20-8-21(26-18(9-29)10-33-36(26)15-20)23-11-32-24(12-31-23)35-13-16-6-19(7-17(16)14-35)34-27(37)25-22(28)4-3-5-30-25/h3-5,8,10-12,15-17,19H,2,6-7,13-14H2,1H3,(H,34,37)/t16-,17+,19?. The Morgan fingerprint density at radius 1 is 1.21 bits per heavy atom. The van der Waals surface area contributed by atoms with Gasteiger partial charge in [-0.3, -0.25) is 9.78 Å². The van der Waals surface area contributed by atoms with E-state index >= 15 is 0 Å². The number of anilines is 1. The van der Waals surface area contributed by atoms with Gasteiger partial charge in [0.1, 0.15) is 23.3 Å². The van der Waals surface area contributed by atoms with Gasteiger partial charge in [-0.2, -0.15) is 10.4 Å². The third kappa shape index (κ3) is 4.39. The maximum Gasteiger partial charge on any atom is 0.271 e. The summed E-state index contributed by atoms with van der Waals surface area (Å²) in [5.74, 6) is 2.17. The molecule has 1 aliphatic heterocycles. The van der Waals surface area contributed by atoms with Crippen molar-refractivity contribution in [3.63, 3.8) is 0 Å². The predicted octanol–water partition coefficient (Wildman–Crippen LogP) is 3.75. The van der Waals surface area contributed by atoms with Crippen molar-refractivity contribution in [1.29, 1.82) is 5.26 Å². The molecule has 0 spiro atoms. The Balaban J connectivity index is 1.15. The number of aromatic nitrogens is 5. The topological polar surface area (TPSA) is 121 Å². The molecule has 6 rings (SSSR count). The first-order valence-electron chi connectivity index (χ1n) is 12.6. The van der Waals surface area contributed by atoms with Crippen LogP contribution in [0.25, 0.3) is 16.8 Å². The zero-order valence-electron chi connectivity index (χ0n) is 20.7. The molecular formula is C27H25ClN8O2. The molecule has 1 amide bonds. The molecule has 0 aromatic carbocycles. The van der Waals surface area contributed by atoms with Gasteiger partial charge in [0.2, 0.25) is 0 Å². The number of nitriles is 1. The number of carbonyl (C=O) groups excluding carboxylic acids is 1. The summed E-state index contributed by atoms with van der Waals surface area (Å²) in [5, 5.41) is 17.3. The van der Waals surface area contributed by atoms with Gasteiger partial charge in [-0.15, -0.1) is 0 Å². The minimum Gasteiger partial charge on any atom is -0.492 e. The average molecular weight is 529 g/mol. The first kappa shape index (κ1) is 24.1. The number of nitrogens with one attached hydrogen (secondary N) is 1. The van der Waals surface area contributed by atoms with Crippen LogP contribution >= 0.6 is 11.6 Å². The number of hydrogen-bond acceptors (Lipinski definition) is 8. The fourth-order valence-corrected chi connectivity index (χ4v) is 5.86. The van der Waals surface area contributed by atoms with Gasteiger partial charge in [0.15, 0.2) is 0 Å². The predicted molar refractivity (Wildman–Crippen MR) is 141 cm³/mol. The van der Waals surface area contributed by atoms with Gasteiger partial charge in [0.05, 0.1) is 53.2 Å². The minimum absolute atomic E-state index is 0.108. The van der Waals surface area contributed by atoms with Crippen molar-refractivity contribution >= 4 is 28.8 Å². The van der Waals surface area contributed by atoms with Crippen molar-refractivity contribution in [3.8, 4) is 23.1 Å². The quantitative estimate of drug-likeness (QED) is 0.401. The van der Waals surface area contributed by atoms with Crippen LogP contribution in [0, 0.1) is 23.2 Å². The summed E-state index contributed by atoms with van der Waals surface area (Å²) < 4.78 is 7.34. The van der Waals surface area contributed by atoms with Crippen molar-refractivity contribution in [1.82, 2.24) is 29.9 Å². The van der Waals surface area contributed by atoms with Crippen LogP contribution in [0.1, 0.15) is 35.8 Å². The number of halogens is 1. The lowest BCUT2D eigenvalue weighted by Gasteiger charge is -2.20. The van der Waals surface area contributed by atoms with Gasteiger partial charge in [-0.1, -0.05) is 11.6 Å². The molecule has 4 aromatic heterocycles. The van der Waals surface area contributed by atoms with Crippen molar-refractivity contribution in [2.45, 2.75) is 25.8 Å². The zero-order valence-corrected chi connectivity index (χ0v) is 21.5. The second kappa shape index (κ2) is 9.91. The SMILES string of the molecule is CCOc1cc(-c2cnc(N3C[C@H]4CC(NC(=O)c5ncccc5Cl)C[C@H]4C3)cn2)c2c(C#N)cnn2c1. The summed E-state index contributed by atoms with van der Waals surface area (Å²) in [6.07, 6.45) is 10.2.